The Morgan fingerprint density at radius 2 is 1.69 bits per heavy atom. The summed E-state index contributed by atoms with van der Waals surface area (Å²) in [7, 11) is 1.49. The molecule has 0 aliphatic carbocycles. The van der Waals surface area contributed by atoms with Crippen LogP contribution in [0.5, 0.6) is 11.5 Å². The molecule has 200 valence electrons. The Bertz CT molecular complexity index is 1450. The molecule has 0 radical (unpaired) electrons. The number of nitrogens with zero attached hydrogens (tertiary/aromatic N) is 2. The maximum absolute atomic E-state index is 12.9. The molecule has 1 heterocycles. The Hall–Kier alpha value is -4.92. The maximum Gasteiger partial charge on any atom is 0.323 e. The molecule has 0 fully saturated rings. The van der Waals surface area contributed by atoms with Crippen LogP contribution in [-0.2, 0) is 22.6 Å². The number of aryl methyl sites for hydroxylation is 1. The van der Waals surface area contributed by atoms with E-state index < -0.39 is 24.2 Å². The van der Waals surface area contributed by atoms with Gasteiger partial charge in [0.1, 0.15) is 23.8 Å². The first-order chi connectivity index (χ1) is 18.8. The zero-order valence-corrected chi connectivity index (χ0v) is 21.6. The molecule has 1 N–H and O–H groups in total. The van der Waals surface area contributed by atoms with Crippen LogP contribution < -0.4 is 9.47 Å². The van der Waals surface area contributed by atoms with Crippen LogP contribution in [-0.4, -0.2) is 52.9 Å². The van der Waals surface area contributed by atoms with Crippen molar-refractivity contribution in [2.45, 2.75) is 19.9 Å². The van der Waals surface area contributed by atoms with Crippen molar-refractivity contribution in [3.05, 3.63) is 101 Å². The molecule has 0 spiro atoms. The summed E-state index contributed by atoms with van der Waals surface area (Å²) in [5.41, 5.74) is 2.45. The standard InChI is InChI=1S/C30H28N2O7/c1-20-26(31-29(39-20)23-8-4-3-5-9-23)15-16-38-25-10-6-7-21(17-25)18-32(19-27(33)34)30(36)28(35)22-11-13-24(37-2)14-12-22/h3-14,17H,15-16,18-19H2,1-2H3,(H,33,34). The number of aromatic nitrogens is 1. The molecule has 1 aromatic heterocycles. The first-order valence-corrected chi connectivity index (χ1v) is 12.3. The molecule has 0 unspecified atom stereocenters. The second-order valence-corrected chi connectivity index (χ2v) is 8.75. The predicted octanol–water partition coefficient (Wildman–Crippen LogP) is 4.58. The number of rotatable bonds is 12. The highest BCUT2D eigenvalue weighted by Gasteiger charge is 2.25. The summed E-state index contributed by atoms with van der Waals surface area (Å²) >= 11 is 0. The van der Waals surface area contributed by atoms with Gasteiger partial charge in [0.25, 0.3) is 5.91 Å². The van der Waals surface area contributed by atoms with Crippen molar-refractivity contribution in [3.63, 3.8) is 0 Å². The van der Waals surface area contributed by atoms with Crippen molar-refractivity contribution in [1.29, 1.82) is 0 Å². The van der Waals surface area contributed by atoms with E-state index in [1.807, 2.05) is 37.3 Å². The Kier molecular flexibility index (Phi) is 8.73. The molecule has 0 bridgehead atoms. The fourth-order valence-corrected chi connectivity index (χ4v) is 3.96. The third-order valence-corrected chi connectivity index (χ3v) is 5.95. The van der Waals surface area contributed by atoms with Gasteiger partial charge in [-0.15, -0.1) is 0 Å². The first kappa shape index (κ1) is 27.1. The Balaban J connectivity index is 1.40. The van der Waals surface area contributed by atoms with Crippen LogP contribution in [0.3, 0.4) is 0 Å². The largest absolute Gasteiger partial charge is 0.497 e. The summed E-state index contributed by atoms with van der Waals surface area (Å²) in [6, 6.07) is 22.6. The zero-order chi connectivity index (χ0) is 27.8. The normalized spacial score (nSPS) is 10.6. The van der Waals surface area contributed by atoms with E-state index in [-0.39, 0.29) is 12.1 Å². The van der Waals surface area contributed by atoms with E-state index in [0.29, 0.717) is 36.0 Å². The number of amides is 1. The summed E-state index contributed by atoms with van der Waals surface area (Å²) in [5, 5.41) is 9.35. The fraction of sp³-hybridized carbons (Fsp3) is 0.200. The Morgan fingerprint density at radius 3 is 2.38 bits per heavy atom. The lowest BCUT2D eigenvalue weighted by molar-refractivity contribution is -0.143. The number of carbonyl (C=O) groups excluding carboxylic acids is 2. The smallest absolute Gasteiger partial charge is 0.323 e. The van der Waals surface area contributed by atoms with Crippen molar-refractivity contribution in [1.82, 2.24) is 9.88 Å². The van der Waals surface area contributed by atoms with Gasteiger partial charge in [-0.25, -0.2) is 4.98 Å². The van der Waals surface area contributed by atoms with Gasteiger partial charge in [0.2, 0.25) is 11.7 Å². The van der Waals surface area contributed by atoms with Crippen molar-refractivity contribution >= 4 is 17.7 Å². The molecule has 0 aliphatic heterocycles. The van der Waals surface area contributed by atoms with Crippen LogP contribution in [0.4, 0.5) is 0 Å². The molecule has 4 rings (SSSR count). The van der Waals surface area contributed by atoms with Crippen molar-refractivity contribution in [3.8, 4) is 23.0 Å². The summed E-state index contributed by atoms with van der Waals surface area (Å²) in [5.74, 6) is -0.590. The lowest BCUT2D eigenvalue weighted by Gasteiger charge is -2.20. The van der Waals surface area contributed by atoms with Gasteiger partial charge in [0.05, 0.1) is 19.4 Å². The number of carbonyl (C=O) groups is 3. The van der Waals surface area contributed by atoms with E-state index in [1.165, 1.54) is 19.2 Å². The lowest BCUT2D eigenvalue weighted by atomic mass is 10.1. The minimum Gasteiger partial charge on any atom is -0.497 e. The van der Waals surface area contributed by atoms with E-state index in [4.69, 9.17) is 13.9 Å². The zero-order valence-electron chi connectivity index (χ0n) is 21.6. The minimum absolute atomic E-state index is 0.0763. The molecule has 9 nitrogen and oxygen atoms in total. The molecule has 0 aliphatic rings. The second-order valence-electron chi connectivity index (χ2n) is 8.75. The Labute approximate surface area is 225 Å². The van der Waals surface area contributed by atoms with E-state index in [9.17, 15) is 19.5 Å². The highest BCUT2D eigenvalue weighted by molar-refractivity contribution is 6.42. The highest BCUT2D eigenvalue weighted by Crippen LogP contribution is 2.22. The SMILES string of the molecule is COc1ccc(C(=O)C(=O)N(CC(=O)O)Cc2cccc(OCCc3nc(-c4ccccc4)oc3C)c2)cc1. The van der Waals surface area contributed by atoms with Gasteiger partial charge in [-0.05, 0) is 61.0 Å². The molecule has 4 aromatic rings. The molecule has 0 saturated heterocycles. The summed E-state index contributed by atoms with van der Waals surface area (Å²) in [4.78, 5) is 42.7. The van der Waals surface area contributed by atoms with Crippen molar-refractivity contribution < 1.29 is 33.4 Å². The molecule has 3 aromatic carbocycles. The monoisotopic (exact) mass is 528 g/mol. The molecule has 1 amide bonds. The third kappa shape index (κ3) is 7.10. The number of hydrogen-bond acceptors (Lipinski definition) is 7. The number of Topliss-reactive ketones (excluding diaryl/α,β-unsaturated/α-hetero) is 1. The van der Waals surface area contributed by atoms with Crippen LogP contribution in [0.25, 0.3) is 11.5 Å². The van der Waals surface area contributed by atoms with Crippen LogP contribution >= 0.6 is 0 Å². The van der Waals surface area contributed by atoms with Crippen LogP contribution in [0, 0.1) is 6.92 Å². The van der Waals surface area contributed by atoms with Gasteiger partial charge in [0.15, 0.2) is 0 Å². The maximum atomic E-state index is 12.9. The molecule has 39 heavy (non-hydrogen) atoms. The van der Waals surface area contributed by atoms with Gasteiger partial charge >= 0.3 is 5.97 Å². The molecule has 9 heteroatoms. The van der Waals surface area contributed by atoms with Crippen molar-refractivity contribution in [2.24, 2.45) is 0 Å². The number of benzene rings is 3. The summed E-state index contributed by atoms with van der Waals surface area (Å²) in [6.07, 6.45) is 0.520. The number of ether oxygens (including phenoxy) is 2. The average molecular weight is 529 g/mol. The summed E-state index contributed by atoms with van der Waals surface area (Å²) < 4.78 is 16.8. The number of carboxylic acid groups (broad SMARTS) is 1. The number of hydrogen-bond donors (Lipinski definition) is 1. The first-order valence-electron chi connectivity index (χ1n) is 12.3. The van der Waals surface area contributed by atoms with Gasteiger partial charge in [-0.1, -0.05) is 30.3 Å². The molecule has 0 saturated carbocycles. The topological polar surface area (TPSA) is 119 Å². The highest BCUT2D eigenvalue weighted by atomic mass is 16.5. The van der Waals surface area contributed by atoms with Crippen LogP contribution in [0.1, 0.15) is 27.4 Å². The molecular formula is C30H28N2O7. The van der Waals surface area contributed by atoms with E-state index in [2.05, 4.69) is 4.98 Å². The van der Waals surface area contributed by atoms with Gasteiger partial charge in [-0.3, -0.25) is 14.4 Å². The third-order valence-electron chi connectivity index (χ3n) is 5.95. The number of ketones is 1. The number of methoxy groups -OCH3 is 1. The molecular weight excluding hydrogens is 500 g/mol. The fourth-order valence-electron chi connectivity index (χ4n) is 3.96. The van der Waals surface area contributed by atoms with Crippen LogP contribution in [0.2, 0.25) is 0 Å². The van der Waals surface area contributed by atoms with E-state index in [0.717, 1.165) is 21.9 Å². The van der Waals surface area contributed by atoms with Gasteiger partial charge in [-0.2, -0.15) is 0 Å². The number of oxazole rings is 1. The van der Waals surface area contributed by atoms with Crippen LogP contribution in [0.15, 0.2) is 83.3 Å². The number of aliphatic carboxylic acids is 1. The van der Waals surface area contributed by atoms with E-state index in [1.54, 1.807) is 36.4 Å². The molecule has 0 atom stereocenters. The minimum atomic E-state index is -1.23. The predicted molar refractivity (Wildman–Crippen MR) is 143 cm³/mol. The van der Waals surface area contributed by atoms with Gasteiger partial charge in [0, 0.05) is 24.1 Å². The Morgan fingerprint density at radius 1 is 0.949 bits per heavy atom. The number of carboxylic acids is 1. The van der Waals surface area contributed by atoms with E-state index >= 15 is 0 Å². The second kappa shape index (κ2) is 12.6. The van der Waals surface area contributed by atoms with Gasteiger partial charge < -0.3 is 23.9 Å². The quantitative estimate of drug-likeness (QED) is 0.210. The summed E-state index contributed by atoms with van der Waals surface area (Å²) in [6.45, 7) is 1.49. The lowest BCUT2D eigenvalue weighted by Crippen LogP contribution is -2.39. The average Bonchev–Trinajstić information content (AvgIpc) is 3.32. The van der Waals surface area contributed by atoms with Crippen molar-refractivity contribution in [2.75, 3.05) is 20.3 Å².